The van der Waals surface area contributed by atoms with Gasteiger partial charge in [-0.15, -0.1) is 0 Å². The van der Waals surface area contributed by atoms with Crippen LogP contribution in [0, 0.1) is 23.1 Å². The first-order valence-corrected chi connectivity index (χ1v) is 12.2. The van der Waals surface area contributed by atoms with Gasteiger partial charge < -0.3 is 20.4 Å². The largest absolute Gasteiger partial charge is 0.441 e. The SMILES string of the molecule is N#CCC1(NC(=O)C(CCC2CCCCC2)Nc2nc(=O)oc3cc(F)ccc23)CCNCC1. The molecule has 1 saturated carbocycles. The highest BCUT2D eigenvalue weighted by molar-refractivity contribution is 5.91. The average molecular weight is 470 g/mol. The van der Waals surface area contributed by atoms with E-state index in [1.807, 2.05) is 0 Å². The van der Waals surface area contributed by atoms with Crippen LogP contribution in [0.25, 0.3) is 11.0 Å². The van der Waals surface area contributed by atoms with Crippen molar-refractivity contribution in [2.45, 2.75) is 75.8 Å². The number of hydrogen-bond acceptors (Lipinski definition) is 7. The number of carbonyl (C=O) groups is 1. The number of aromatic nitrogens is 1. The zero-order valence-corrected chi connectivity index (χ0v) is 19.4. The molecule has 0 spiro atoms. The van der Waals surface area contributed by atoms with E-state index < -0.39 is 23.2 Å². The average Bonchev–Trinajstić information content (AvgIpc) is 2.82. The molecule has 1 aromatic carbocycles. The van der Waals surface area contributed by atoms with E-state index in [2.05, 4.69) is 27.0 Å². The number of fused-ring (bicyclic) bond motifs is 1. The summed E-state index contributed by atoms with van der Waals surface area (Å²) in [4.78, 5) is 29.5. The molecule has 34 heavy (non-hydrogen) atoms. The van der Waals surface area contributed by atoms with Crippen LogP contribution < -0.4 is 21.7 Å². The lowest BCUT2D eigenvalue weighted by Crippen LogP contribution is -2.57. The fourth-order valence-corrected chi connectivity index (χ4v) is 5.22. The van der Waals surface area contributed by atoms with Gasteiger partial charge >= 0.3 is 5.76 Å². The first kappa shape index (κ1) is 24.1. The molecule has 3 N–H and O–H groups in total. The molecule has 0 radical (unpaired) electrons. The molecule has 1 aliphatic heterocycles. The number of nitrogens with zero attached hydrogens (tertiary/aromatic N) is 2. The Hall–Kier alpha value is -2.99. The molecule has 1 unspecified atom stereocenters. The Morgan fingerprint density at radius 3 is 2.79 bits per heavy atom. The molecule has 1 saturated heterocycles. The molecule has 9 heteroatoms. The first-order chi connectivity index (χ1) is 16.5. The van der Waals surface area contributed by atoms with E-state index >= 15 is 0 Å². The van der Waals surface area contributed by atoms with Gasteiger partial charge in [0.25, 0.3) is 0 Å². The number of carbonyl (C=O) groups excluding carboxylic acids is 1. The zero-order valence-electron chi connectivity index (χ0n) is 19.4. The van der Waals surface area contributed by atoms with Crippen LogP contribution in [0.2, 0.25) is 0 Å². The number of anilines is 1. The number of hydrogen-bond donors (Lipinski definition) is 3. The van der Waals surface area contributed by atoms with Gasteiger partial charge in [-0.25, -0.2) is 9.18 Å². The molecule has 1 amide bonds. The summed E-state index contributed by atoms with van der Waals surface area (Å²) in [6.07, 6.45) is 9.06. The third-order valence-electron chi connectivity index (χ3n) is 7.18. The van der Waals surface area contributed by atoms with E-state index in [1.54, 1.807) is 0 Å². The van der Waals surface area contributed by atoms with Crippen LogP contribution in [0.5, 0.6) is 0 Å². The quantitative estimate of drug-likeness (QED) is 0.540. The highest BCUT2D eigenvalue weighted by Gasteiger charge is 2.36. The van der Waals surface area contributed by atoms with E-state index in [1.165, 1.54) is 31.4 Å². The topological polar surface area (TPSA) is 120 Å². The van der Waals surface area contributed by atoms with Crippen molar-refractivity contribution in [3.63, 3.8) is 0 Å². The van der Waals surface area contributed by atoms with Gasteiger partial charge in [-0.3, -0.25) is 4.79 Å². The van der Waals surface area contributed by atoms with Gasteiger partial charge in [0.15, 0.2) is 0 Å². The van der Waals surface area contributed by atoms with Crippen LogP contribution in [0.1, 0.15) is 64.2 Å². The maximum absolute atomic E-state index is 13.7. The number of rotatable bonds is 8. The highest BCUT2D eigenvalue weighted by atomic mass is 19.1. The molecule has 4 rings (SSSR count). The fourth-order valence-electron chi connectivity index (χ4n) is 5.22. The van der Waals surface area contributed by atoms with Crippen molar-refractivity contribution in [1.82, 2.24) is 15.6 Å². The second-order valence-electron chi connectivity index (χ2n) is 9.60. The molecular formula is C25H32FN5O3. The minimum atomic E-state index is -0.855. The molecule has 2 fully saturated rings. The third-order valence-corrected chi connectivity index (χ3v) is 7.18. The second-order valence-corrected chi connectivity index (χ2v) is 9.60. The smallest absolute Gasteiger partial charge is 0.408 e. The molecule has 0 bridgehead atoms. The summed E-state index contributed by atoms with van der Waals surface area (Å²) >= 11 is 0. The van der Waals surface area contributed by atoms with Gasteiger partial charge in [-0.2, -0.15) is 10.2 Å². The molecule has 1 aliphatic carbocycles. The van der Waals surface area contributed by atoms with E-state index in [-0.39, 0.29) is 23.7 Å². The van der Waals surface area contributed by atoms with Gasteiger partial charge in [0.2, 0.25) is 5.91 Å². The number of nitriles is 1. The molecule has 2 aromatic rings. The monoisotopic (exact) mass is 469 g/mol. The van der Waals surface area contributed by atoms with Crippen molar-refractivity contribution in [2.24, 2.45) is 5.92 Å². The van der Waals surface area contributed by atoms with Gasteiger partial charge in [0, 0.05) is 6.07 Å². The lowest BCUT2D eigenvalue weighted by Gasteiger charge is -2.38. The Kier molecular flexibility index (Phi) is 7.78. The van der Waals surface area contributed by atoms with Crippen LogP contribution in [0.15, 0.2) is 27.4 Å². The summed E-state index contributed by atoms with van der Waals surface area (Å²) in [6, 6.07) is 5.48. The minimum Gasteiger partial charge on any atom is -0.408 e. The summed E-state index contributed by atoms with van der Waals surface area (Å²) in [6.45, 7) is 1.47. The molecule has 1 atom stereocenters. The molecule has 2 heterocycles. The Labute approximate surface area is 198 Å². The Bertz CT molecular complexity index is 1100. The first-order valence-electron chi connectivity index (χ1n) is 12.2. The van der Waals surface area contributed by atoms with E-state index in [0.717, 1.165) is 38.4 Å². The number of benzene rings is 1. The maximum Gasteiger partial charge on any atom is 0.441 e. The maximum atomic E-state index is 13.7. The molecule has 2 aliphatic rings. The summed E-state index contributed by atoms with van der Waals surface area (Å²) in [5.74, 6) is -0.819. The third kappa shape index (κ3) is 5.92. The highest BCUT2D eigenvalue weighted by Crippen LogP contribution is 2.29. The van der Waals surface area contributed by atoms with Crippen molar-refractivity contribution < 1.29 is 13.6 Å². The number of halogens is 1. The lowest BCUT2D eigenvalue weighted by atomic mass is 9.84. The minimum absolute atomic E-state index is 0.0771. The Morgan fingerprint density at radius 2 is 2.06 bits per heavy atom. The number of amides is 1. The van der Waals surface area contributed by atoms with Crippen molar-refractivity contribution >= 4 is 22.7 Å². The van der Waals surface area contributed by atoms with E-state index in [0.29, 0.717) is 30.6 Å². The van der Waals surface area contributed by atoms with Gasteiger partial charge in [-0.05, 0) is 56.8 Å². The summed E-state index contributed by atoms with van der Waals surface area (Å²) in [5.41, 5.74) is -0.496. The van der Waals surface area contributed by atoms with Crippen LogP contribution in [-0.4, -0.2) is 35.6 Å². The molecule has 1 aromatic heterocycles. The standard InChI is InChI=1S/C25H32FN5O3/c26-18-7-8-19-21(16-18)34-24(33)30-22(19)29-20(9-6-17-4-2-1-3-5-17)23(32)31-25(10-13-27)11-14-28-15-12-25/h7-8,16-17,20,28H,1-6,9-12,14-15H2,(H,31,32)(H,29,30,33). The van der Waals surface area contributed by atoms with Crippen LogP contribution >= 0.6 is 0 Å². The predicted octanol–water partition coefficient (Wildman–Crippen LogP) is 3.62. The van der Waals surface area contributed by atoms with Crippen LogP contribution in [0.3, 0.4) is 0 Å². The van der Waals surface area contributed by atoms with Crippen LogP contribution in [0.4, 0.5) is 10.2 Å². The lowest BCUT2D eigenvalue weighted by molar-refractivity contribution is -0.124. The second kappa shape index (κ2) is 11.0. The molecule has 8 nitrogen and oxygen atoms in total. The summed E-state index contributed by atoms with van der Waals surface area (Å²) < 4.78 is 18.8. The van der Waals surface area contributed by atoms with Gasteiger partial charge in [0.05, 0.1) is 23.4 Å². The van der Waals surface area contributed by atoms with Crippen LogP contribution in [-0.2, 0) is 4.79 Å². The van der Waals surface area contributed by atoms with Crippen molar-refractivity contribution in [3.8, 4) is 6.07 Å². The van der Waals surface area contributed by atoms with Gasteiger partial charge in [-0.1, -0.05) is 32.1 Å². The zero-order chi connectivity index (χ0) is 24.0. The number of piperidine rings is 1. The number of nitrogens with one attached hydrogen (secondary N) is 3. The van der Waals surface area contributed by atoms with Crippen molar-refractivity contribution in [2.75, 3.05) is 18.4 Å². The van der Waals surface area contributed by atoms with Gasteiger partial charge in [0.1, 0.15) is 23.3 Å². The van der Waals surface area contributed by atoms with E-state index in [9.17, 15) is 19.2 Å². The molecule has 182 valence electrons. The Morgan fingerprint density at radius 1 is 1.29 bits per heavy atom. The summed E-state index contributed by atoms with van der Waals surface area (Å²) in [7, 11) is 0. The fraction of sp³-hybridized carbons (Fsp3) is 0.600. The normalized spacial score (nSPS) is 19.3. The molecular weight excluding hydrogens is 437 g/mol. The summed E-state index contributed by atoms with van der Waals surface area (Å²) in [5, 5.41) is 19.4. The predicted molar refractivity (Wildman–Crippen MR) is 127 cm³/mol. The van der Waals surface area contributed by atoms with E-state index in [4.69, 9.17) is 4.42 Å². The van der Waals surface area contributed by atoms with Crippen molar-refractivity contribution in [3.05, 3.63) is 34.6 Å². The Balaban J connectivity index is 1.58. The van der Waals surface area contributed by atoms with Crippen molar-refractivity contribution in [1.29, 1.82) is 5.26 Å².